The normalized spacial score (nSPS) is 14.5. The SMILES string of the molecule is CCOP(C)(=O)CCNc1cc(C(C)(C)C)sc1C(=O)OC. The molecule has 1 aromatic rings. The summed E-state index contributed by atoms with van der Waals surface area (Å²) in [6.45, 7) is 10.7. The molecule has 0 aliphatic heterocycles. The summed E-state index contributed by atoms with van der Waals surface area (Å²) in [4.78, 5) is 13.6. The predicted molar refractivity (Wildman–Crippen MR) is 92.9 cm³/mol. The van der Waals surface area contributed by atoms with Gasteiger partial charge in [-0.25, -0.2) is 4.79 Å². The summed E-state index contributed by atoms with van der Waals surface area (Å²) < 4.78 is 22.2. The molecule has 0 fully saturated rings. The molecule has 0 radical (unpaired) electrons. The minimum absolute atomic E-state index is 0.0429. The maximum atomic E-state index is 12.1. The van der Waals surface area contributed by atoms with Gasteiger partial charge in [0.2, 0.25) is 7.37 Å². The second kappa shape index (κ2) is 7.62. The average molecular weight is 347 g/mol. The summed E-state index contributed by atoms with van der Waals surface area (Å²) >= 11 is 1.43. The molecule has 7 heteroatoms. The van der Waals surface area contributed by atoms with E-state index in [9.17, 15) is 9.36 Å². The van der Waals surface area contributed by atoms with Crippen LogP contribution in [0.4, 0.5) is 5.69 Å². The number of ether oxygens (including phenoxy) is 1. The first kappa shape index (κ1) is 19.2. The maximum absolute atomic E-state index is 12.1. The highest BCUT2D eigenvalue weighted by molar-refractivity contribution is 7.58. The molecule has 1 rings (SSSR count). The Morgan fingerprint density at radius 3 is 2.55 bits per heavy atom. The van der Waals surface area contributed by atoms with Crippen LogP contribution in [0.2, 0.25) is 0 Å². The fraction of sp³-hybridized carbons (Fsp3) is 0.667. The fourth-order valence-corrected chi connectivity index (χ4v) is 4.17. The Labute approximate surface area is 136 Å². The van der Waals surface area contributed by atoms with Crippen molar-refractivity contribution in [2.75, 3.05) is 38.4 Å². The summed E-state index contributed by atoms with van der Waals surface area (Å²) in [6.07, 6.45) is 0.419. The lowest BCUT2D eigenvalue weighted by Crippen LogP contribution is -2.10. The van der Waals surface area contributed by atoms with Crippen molar-refractivity contribution < 1.29 is 18.6 Å². The molecule has 1 atom stereocenters. The maximum Gasteiger partial charge on any atom is 0.350 e. The van der Waals surface area contributed by atoms with Gasteiger partial charge in [-0.1, -0.05) is 20.8 Å². The van der Waals surface area contributed by atoms with Crippen LogP contribution in [0.15, 0.2) is 6.07 Å². The number of rotatable bonds is 7. The number of methoxy groups -OCH3 is 1. The highest BCUT2D eigenvalue weighted by Crippen LogP contribution is 2.42. The minimum Gasteiger partial charge on any atom is -0.465 e. The summed E-state index contributed by atoms with van der Waals surface area (Å²) in [5.41, 5.74) is 0.692. The molecule has 22 heavy (non-hydrogen) atoms. The van der Waals surface area contributed by atoms with Crippen LogP contribution in [0, 0.1) is 0 Å². The van der Waals surface area contributed by atoms with Gasteiger partial charge in [0.05, 0.1) is 19.4 Å². The molecular weight excluding hydrogens is 321 g/mol. The van der Waals surface area contributed by atoms with Crippen LogP contribution in [0.25, 0.3) is 0 Å². The van der Waals surface area contributed by atoms with E-state index in [1.54, 1.807) is 6.66 Å². The molecule has 0 aliphatic carbocycles. The third kappa shape index (κ3) is 5.41. The molecule has 0 amide bonds. The molecular formula is C15H26NO4PS. The average Bonchev–Trinajstić information content (AvgIpc) is 2.81. The van der Waals surface area contributed by atoms with E-state index in [2.05, 4.69) is 26.1 Å². The number of hydrogen-bond acceptors (Lipinski definition) is 6. The van der Waals surface area contributed by atoms with Gasteiger partial charge in [0.15, 0.2) is 0 Å². The van der Waals surface area contributed by atoms with Gasteiger partial charge < -0.3 is 14.6 Å². The van der Waals surface area contributed by atoms with E-state index in [1.807, 2.05) is 13.0 Å². The van der Waals surface area contributed by atoms with Crippen molar-refractivity contribution in [3.8, 4) is 0 Å². The van der Waals surface area contributed by atoms with E-state index in [-0.39, 0.29) is 11.4 Å². The number of carbonyl (C=O) groups excluding carboxylic acids is 1. The van der Waals surface area contributed by atoms with Gasteiger partial charge in [0, 0.05) is 24.2 Å². The number of carbonyl (C=O) groups is 1. The molecule has 1 N–H and O–H groups in total. The number of thiophene rings is 1. The molecule has 5 nitrogen and oxygen atoms in total. The zero-order valence-electron chi connectivity index (χ0n) is 14.2. The van der Waals surface area contributed by atoms with Crippen LogP contribution in [0.1, 0.15) is 42.2 Å². The van der Waals surface area contributed by atoms with E-state index < -0.39 is 7.37 Å². The van der Waals surface area contributed by atoms with Crippen LogP contribution < -0.4 is 5.32 Å². The van der Waals surface area contributed by atoms with Crippen molar-refractivity contribution in [3.05, 3.63) is 15.8 Å². The molecule has 126 valence electrons. The second-order valence-corrected chi connectivity index (χ2v) is 9.96. The van der Waals surface area contributed by atoms with E-state index in [4.69, 9.17) is 9.26 Å². The smallest absolute Gasteiger partial charge is 0.350 e. The molecule has 0 saturated heterocycles. The minimum atomic E-state index is -2.58. The van der Waals surface area contributed by atoms with E-state index in [0.717, 1.165) is 10.6 Å². The Morgan fingerprint density at radius 2 is 2.05 bits per heavy atom. The van der Waals surface area contributed by atoms with Crippen molar-refractivity contribution >= 4 is 30.4 Å². The van der Waals surface area contributed by atoms with Gasteiger partial charge in [0.25, 0.3) is 0 Å². The standard InChI is InChI=1S/C15H26NO4PS/c1-7-20-21(6,18)9-8-16-11-10-12(15(2,3)4)22-13(11)14(17)19-5/h10,16H,7-9H2,1-6H3. The molecule has 1 heterocycles. The molecule has 0 saturated carbocycles. The van der Waals surface area contributed by atoms with Gasteiger partial charge in [-0.05, 0) is 18.4 Å². The van der Waals surface area contributed by atoms with Gasteiger partial charge in [-0.2, -0.15) is 0 Å². The van der Waals surface area contributed by atoms with E-state index in [0.29, 0.717) is 24.2 Å². The van der Waals surface area contributed by atoms with Gasteiger partial charge >= 0.3 is 5.97 Å². The number of esters is 1. The van der Waals surface area contributed by atoms with Crippen LogP contribution in [-0.2, 0) is 19.2 Å². The molecule has 0 aliphatic rings. The summed E-state index contributed by atoms with van der Waals surface area (Å²) in [5, 5.41) is 3.19. The molecule has 1 aromatic heterocycles. The largest absolute Gasteiger partial charge is 0.465 e. The summed E-state index contributed by atoms with van der Waals surface area (Å²) in [5.74, 6) is -0.354. The van der Waals surface area contributed by atoms with Crippen molar-refractivity contribution in [2.24, 2.45) is 0 Å². The first-order valence-electron chi connectivity index (χ1n) is 7.28. The third-order valence-corrected chi connectivity index (χ3v) is 6.46. The van der Waals surface area contributed by atoms with Crippen LogP contribution in [0.3, 0.4) is 0 Å². The van der Waals surface area contributed by atoms with Crippen LogP contribution in [0.5, 0.6) is 0 Å². The van der Waals surface area contributed by atoms with Gasteiger partial charge in [0.1, 0.15) is 4.88 Å². The molecule has 0 aromatic carbocycles. The van der Waals surface area contributed by atoms with E-state index in [1.165, 1.54) is 18.4 Å². The van der Waals surface area contributed by atoms with Crippen LogP contribution >= 0.6 is 18.7 Å². The second-order valence-electron chi connectivity index (χ2n) is 6.18. The van der Waals surface area contributed by atoms with Crippen molar-refractivity contribution in [1.29, 1.82) is 0 Å². The molecule has 0 bridgehead atoms. The zero-order chi connectivity index (χ0) is 17.0. The Balaban J connectivity index is 2.87. The van der Waals surface area contributed by atoms with Crippen molar-refractivity contribution in [2.45, 2.75) is 33.1 Å². The lowest BCUT2D eigenvalue weighted by molar-refractivity contribution is 0.0607. The van der Waals surface area contributed by atoms with E-state index >= 15 is 0 Å². The first-order valence-corrected chi connectivity index (χ1v) is 10.4. The predicted octanol–water partition coefficient (Wildman–Crippen LogP) is 4.19. The number of hydrogen-bond donors (Lipinski definition) is 1. The first-order chi connectivity index (χ1) is 10.1. The third-order valence-electron chi connectivity index (χ3n) is 3.08. The van der Waals surface area contributed by atoms with Gasteiger partial charge in [-0.3, -0.25) is 4.57 Å². The van der Waals surface area contributed by atoms with Crippen molar-refractivity contribution in [3.63, 3.8) is 0 Å². The quantitative estimate of drug-likeness (QED) is 0.592. The van der Waals surface area contributed by atoms with Crippen LogP contribution in [-0.4, -0.2) is 39.1 Å². The lowest BCUT2D eigenvalue weighted by atomic mass is 9.94. The molecule has 1 unspecified atom stereocenters. The number of nitrogens with one attached hydrogen (secondary N) is 1. The fourth-order valence-electron chi connectivity index (χ4n) is 1.87. The summed E-state index contributed by atoms with van der Waals surface area (Å²) in [7, 11) is -1.20. The monoisotopic (exact) mass is 347 g/mol. The topological polar surface area (TPSA) is 64.6 Å². The Bertz CT molecular complexity index is 562. The number of anilines is 1. The van der Waals surface area contributed by atoms with Gasteiger partial charge in [-0.15, -0.1) is 11.3 Å². The van der Waals surface area contributed by atoms with Crippen molar-refractivity contribution in [1.82, 2.24) is 0 Å². The highest BCUT2D eigenvalue weighted by atomic mass is 32.1. The lowest BCUT2D eigenvalue weighted by Gasteiger charge is -2.15. The zero-order valence-corrected chi connectivity index (χ0v) is 15.9. The summed E-state index contributed by atoms with van der Waals surface area (Å²) in [6, 6.07) is 1.97. The highest BCUT2D eigenvalue weighted by Gasteiger charge is 2.24. The molecule has 0 spiro atoms. The Morgan fingerprint density at radius 1 is 1.41 bits per heavy atom. The Kier molecular flexibility index (Phi) is 6.65. The Hall–Kier alpha value is -0.840.